The zero-order valence-electron chi connectivity index (χ0n) is 11.1. The minimum Gasteiger partial charge on any atom is -0.300 e. The van der Waals surface area contributed by atoms with Crippen molar-refractivity contribution in [3.05, 3.63) is 34.9 Å². The fraction of sp³-hybridized carbons (Fsp3) is 0.500. The molecule has 1 heterocycles. The molecular weight excluding hydrogens is 236 g/mol. The highest BCUT2D eigenvalue weighted by atomic mass is 16.1. The Hall–Kier alpha value is -1.66. The lowest BCUT2D eigenvalue weighted by atomic mass is 9.90. The van der Waals surface area contributed by atoms with Gasteiger partial charge in [0.2, 0.25) is 0 Å². The number of hydrogen-bond donors (Lipinski definition) is 0. The molecule has 3 rings (SSSR count). The molecule has 3 nitrogen and oxygen atoms in total. The van der Waals surface area contributed by atoms with Crippen LogP contribution in [-0.4, -0.2) is 23.3 Å². The fourth-order valence-corrected chi connectivity index (χ4v) is 3.25. The van der Waals surface area contributed by atoms with Crippen LogP contribution in [0.25, 0.3) is 0 Å². The predicted molar refractivity (Wildman–Crippen MR) is 72.5 cm³/mol. The number of benzene rings is 1. The van der Waals surface area contributed by atoms with E-state index in [2.05, 4.69) is 17.0 Å². The Balaban J connectivity index is 1.72. The standard InChI is InChI=1S/C16H18N2O/c17-10-12-1-2-14-11-18(8-7-13(14)9-12)15-3-5-16(19)6-4-15/h1-2,9,15H,3-8,11H2. The Bertz CT molecular complexity index is 534. The van der Waals surface area contributed by atoms with E-state index < -0.39 is 0 Å². The monoisotopic (exact) mass is 254 g/mol. The third kappa shape index (κ3) is 2.54. The van der Waals surface area contributed by atoms with Gasteiger partial charge in [-0.15, -0.1) is 0 Å². The number of carbonyl (C=O) groups excluding carboxylic acids is 1. The van der Waals surface area contributed by atoms with Crippen molar-refractivity contribution in [2.45, 2.75) is 44.7 Å². The number of carbonyl (C=O) groups is 1. The van der Waals surface area contributed by atoms with Crippen molar-refractivity contribution in [3.8, 4) is 6.07 Å². The van der Waals surface area contributed by atoms with Crippen LogP contribution in [0, 0.1) is 11.3 Å². The molecule has 0 radical (unpaired) electrons. The molecule has 0 unspecified atom stereocenters. The third-order valence-electron chi connectivity index (χ3n) is 4.41. The zero-order valence-corrected chi connectivity index (χ0v) is 11.1. The lowest BCUT2D eigenvalue weighted by molar-refractivity contribution is -0.121. The van der Waals surface area contributed by atoms with E-state index in [9.17, 15) is 4.79 Å². The minimum atomic E-state index is 0.423. The van der Waals surface area contributed by atoms with Crippen LogP contribution >= 0.6 is 0 Å². The van der Waals surface area contributed by atoms with Gasteiger partial charge in [-0.2, -0.15) is 5.26 Å². The number of ketones is 1. The van der Waals surface area contributed by atoms with E-state index in [1.165, 1.54) is 11.1 Å². The van der Waals surface area contributed by atoms with Crippen LogP contribution in [0.3, 0.4) is 0 Å². The Morgan fingerprint density at radius 3 is 2.68 bits per heavy atom. The van der Waals surface area contributed by atoms with Crippen molar-refractivity contribution in [2.75, 3.05) is 6.54 Å². The molecule has 1 aliphatic heterocycles. The van der Waals surface area contributed by atoms with Crippen molar-refractivity contribution >= 4 is 5.78 Å². The van der Waals surface area contributed by atoms with E-state index in [0.29, 0.717) is 11.8 Å². The molecule has 98 valence electrons. The number of Topliss-reactive ketones (excluding diaryl/α,β-unsaturated/α-hetero) is 1. The number of nitriles is 1. The maximum atomic E-state index is 11.3. The van der Waals surface area contributed by atoms with Crippen LogP contribution in [-0.2, 0) is 17.8 Å². The first-order valence-electron chi connectivity index (χ1n) is 7.04. The quantitative estimate of drug-likeness (QED) is 0.773. The molecule has 1 fully saturated rings. The number of rotatable bonds is 1. The first-order valence-corrected chi connectivity index (χ1v) is 7.04. The summed E-state index contributed by atoms with van der Waals surface area (Å²) in [7, 11) is 0. The van der Waals surface area contributed by atoms with Gasteiger partial charge >= 0.3 is 0 Å². The molecule has 0 bridgehead atoms. The summed E-state index contributed by atoms with van der Waals surface area (Å²) in [6.45, 7) is 2.03. The fourth-order valence-electron chi connectivity index (χ4n) is 3.25. The second-order valence-corrected chi connectivity index (χ2v) is 5.59. The molecule has 0 aromatic heterocycles. The highest BCUT2D eigenvalue weighted by molar-refractivity contribution is 5.79. The summed E-state index contributed by atoms with van der Waals surface area (Å²) < 4.78 is 0. The van der Waals surface area contributed by atoms with Gasteiger partial charge in [-0.1, -0.05) is 6.07 Å². The lowest BCUT2D eigenvalue weighted by Gasteiger charge is -2.37. The zero-order chi connectivity index (χ0) is 13.2. The van der Waals surface area contributed by atoms with Gasteiger partial charge < -0.3 is 0 Å². The molecule has 1 aromatic carbocycles. The maximum absolute atomic E-state index is 11.3. The molecule has 1 aliphatic carbocycles. The summed E-state index contributed by atoms with van der Waals surface area (Å²) in [5, 5.41) is 8.93. The highest BCUT2D eigenvalue weighted by Gasteiger charge is 2.27. The smallest absolute Gasteiger partial charge is 0.133 e. The van der Waals surface area contributed by atoms with Gasteiger partial charge in [0, 0.05) is 32.0 Å². The van der Waals surface area contributed by atoms with Gasteiger partial charge in [0.15, 0.2) is 0 Å². The van der Waals surface area contributed by atoms with Crippen molar-refractivity contribution < 1.29 is 4.79 Å². The normalized spacial score (nSPS) is 20.9. The maximum Gasteiger partial charge on any atom is 0.133 e. The summed E-state index contributed by atoms with van der Waals surface area (Å²) in [4.78, 5) is 13.8. The molecule has 19 heavy (non-hydrogen) atoms. The molecule has 0 saturated heterocycles. The molecule has 0 amide bonds. The molecule has 0 N–H and O–H groups in total. The molecule has 0 atom stereocenters. The Kier molecular flexibility index (Phi) is 3.35. The molecule has 2 aliphatic rings. The van der Waals surface area contributed by atoms with E-state index in [1.54, 1.807) is 0 Å². The summed E-state index contributed by atoms with van der Waals surface area (Å²) in [6.07, 6.45) is 4.56. The topological polar surface area (TPSA) is 44.1 Å². The third-order valence-corrected chi connectivity index (χ3v) is 4.41. The summed E-state index contributed by atoms with van der Waals surface area (Å²) in [5.74, 6) is 0.423. The summed E-state index contributed by atoms with van der Waals surface area (Å²) >= 11 is 0. The molecule has 0 spiro atoms. The van der Waals surface area contributed by atoms with Gasteiger partial charge in [-0.3, -0.25) is 9.69 Å². The predicted octanol–water partition coefficient (Wildman–Crippen LogP) is 2.43. The van der Waals surface area contributed by atoms with E-state index in [-0.39, 0.29) is 0 Å². The van der Waals surface area contributed by atoms with Crippen LogP contribution in [0.15, 0.2) is 18.2 Å². The molecule has 1 saturated carbocycles. The average molecular weight is 254 g/mol. The van der Waals surface area contributed by atoms with Gasteiger partial charge in [0.1, 0.15) is 5.78 Å². The van der Waals surface area contributed by atoms with Crippen molar-refractivity contribution in [2.24, 2.45) is 0 Å². The van der Waals surface area contributed by atoms with Crippen LogP contribution < -0.4 is 0 Å². The first kappa shape index (κ1) is 12.4. The molecule has 1 aromatic rings. The van der Waals surface area contributed by atoms with Crippen molar-refractivity contribution in [1.82, 2.24) is 4.90 Å². The molecular formula is C16H18N2O. The van der Waals surface area contributed by atoms with E-state index in [0.717, 1.165) is 50.8 Å². The van der Waals surface area contributed by atoms with Crippen molar-refractivity contribution in [1.29, 1.82) is 5.26 Å². The van der Waals surface area contributed by atoms with E-state index in [4.69, 9.17) is 5.26 Å². The van der Waals surface area contributed by atoms with Gasteiger partial charge in [0.05, 0.1) is 11.6 Å². The Labute approximate surface area is 113 Å². The van der Waals surface area contributed by atoms with E-state index in [1.807, 2.05) is 12.1 Å². The van der Waals surface area contributed by atoms with Gasteiger partial charge in [0.25, 0.3) is 0 Å². The number of hydrogen-bond acceptors (Lipinski definition) is 3. The van der Waals surface area contributed by atoms with Crippen molar-refractivity contribution in [3.63, 3.8) is 0 Å². The number of nitrogens with zero attached hydrogens (tertiary/aromatic N) is 2. The van der Waals surface area contributed by atoms with Crippen LogP contribution in [0.2, 0.25) is 0 Å². The summed E-state index contributed by atoms with van der Waals surface area (Å²) in [6, 6.07) is 8.80. The van der Waals surface area contributed by atoms with Crippen LogP contribution in [0.4, 0.5) is 0 Å². The highest BCUT2D eigenvalue weighted by Crippen LogP contribution is 2.27. The minimum absolute atomic E-state index is 0.423. The second-order valence-electron chi connectivity index (χ2n) is 5.59. The van der Waals surface area contributed by atoms with Gasteiger partial charge in [-0.25, -0.2) is 0 Å². The molecule has 3 heteroatoms. The van der Waals surface area contributed by atoms with Crippen LogP contribution in [0.1, 0.15) is 42.4 Å². The Morgan fingerprint density at radius 1 is 1.16 bits per heavy atom. The van der Waals surface area contributed by atoms with E-state index >= 15 is 0 Å². The largest absolute Gasteiger partial charge is 0.300 e. The first-order chi connectivity index (χ1) is 9.26. The average Bonchev–Trinajstić information content (AvgIpc) is 2.47. The van der Waals surface area contributed by atoms with Crippen LogP contribution in [0.5, 0.6) is 0 Å². The summed E-state index contributed by atoms with van der Waals surface area (Å²) in [5.41, 5.74) is 3.43. The second kappa shape index (κ2) is 5.14. The van der Waals surface area contributed by atoms with Gasteiger partial charge in [-0.05, 0) is 42.5 Å². The number of fused-ring (bicyclic) bond motifs is 1. The lowest BCUT2D eigenvalue weighted by Crippen LogP contribution is -2.41. The Morgan fingerprint density at radius 2 is 1.95 bits per heavy atom. The SMILES string of the molecule is N#Cc1ccc2c(c1)CCN(C1CCC(=O)CC1)C2.